The van der Waals surface area contributed by atoms with Crippen LogP contribution in [0.2, 0.25) is 0 Å². The fraction of sp³-hybridized carbons (Fsp3) is 0.467. The largest absolute Gasteiger partial charge is 0.384 e. The Kier molecular flexibility index (Phi) is 5.76. The van der Waals surface area contributed by atoms with Gasteiger partial charge in [-0.3, -0.25) is 0 Å². The second-order valence-electron chi connectivity index (χ2n) is 4.38. The maximum Gasteiger partial charge on any atom is 0.104 e. The molecule has 0 fully saturated rings. The average molecular weight is 232 g/mol. The van der Waals surface area contributed by atoms with E-state index in [1.165, 1.54) is 0 Å². The molecule has 2 heteroatoms. The van der Waals surface area contributed by atoms with E-state index in [1.54, 1.807) is 0 Å². The van der Waals surface area contributed by atoms with Gasteiger partial charge in [-0.25, -0.2) is 0 Å². The summed E-state index contributed by atoms with van der Waals surface area (Å²) in [5.74, 6) is 6.11. The molecule has 0 aliphatic heterocycles. The molecule has 1 atom stereocenters. The molecule has 0 amide bonds. The van der Waals surface area contributed by atoms with Gasteiger partial charge in [-0.1, -0.05) is 43.9 Å². The van der Waals surface area contributed by atoms with Crippen LogP contribution in [0.4, 0.5) is 0 Å². The van der Waals surface area contributed by atoms with Gasteiger partial charge >= 0.3 is 0 Å². The lowest BCUT2D eigenvalue weighted by atomic mass is 10.1. The molecular formula is C15H20O2. The van der Waals surface area contributed by atoms with E-state index in [9.17, 15) is 0 Å². The topological polar surface area (TPSA) is 29.5 Å². The third-order valence-corrected chi connectivity index (χ3v) is 2.76. The summed E-state index contributed by atoms with van der Waals surface area (Å²) in [4.78, 5) is 0. The number of hydrogen-bond acceptors (Lipinski definition) is 2. The van der Waals surface area contributed by atoms with Crippen molar-refractivity contribution in [3.63, 3.8) is 0 Å². The predicted octanol–water partition coefficient (Wildman–Crippen LogP) is 2.59. The van der Waals surface area contributed by atoms with Crippen molar-refractivity contribution >= 4 is 0 Å². The molecule has 92 valence electrons. The first-order valence-electron chi connectivity index (χ1n) is 5.94. The summed E-state index contributed by atoms with van der Waals surface area (Å²) in [5, 5.41) is 8.70. The highest BCUT2D eigenvalue weighted by Crippen LogP contribution is 2.13. The molecule has 0 saturated heterocycles. The highest BCUT2D eigenvalue weighted by Gasteiger charge is 2.08. The number of benzene rings is 1. The Labute approximate surface area is 104 Å². The van der Waals surface area contributed by atoms with Crippen LogP contribution in [0.1, 0.15) is 31.9 Å². The van der Waals surface area contributed by atoms with Gasteiger partial charge in [0.1, 0.15) is 6.61 Å². The fourth-order valence-corrected chi connectivity index (χ4v) is 1.32. The van der Waals surface area contributed by atoms with E-state index < -0.39 is 0 Å². The summed E-state index contributed by atoms with van der Waals surface area (Å²) in [6.45, 7) is 6.81. The van der Waals surface area contributed by atoms with E-state index in [1.807, 2.05) is 24.3 Å². The van der Waals surface area contributed by atoms with Crippen molar-refractivity contribution in [2.45, 2.75) is 33.5 Å². The molecule has 0 saturated carbocycles. The van der Waals surface area contributed by atoms with Crippen molar-refractivity contribution in [2.75, 3.05) is 6.61 Å². The molecular weight excluding hydrogens is 212 g/mol. The van der Waals surface area contributed by atoms with Crippen LogP contribution >= 0.6 is 0 Å². The molecule has 1 rings (SSSR count). The zero-order valence-electron chi connectivity index (χ0n) is 10.7. The Morgan fingerprint density at radius 3 is 2.59 bits per heavy atom. The molecule has 0 aliphatic rings. The van der Waals surface area contributed by atoms with Crippen molar-refractivity contribution in [2.24, 2.45) is 5.92 Å². The highest BCUT2D eigenvalue weighted by molar-refractivity contribution is 5.40. The van der Waals surface area contributed by atoms with Gasteiger partial charge in [0.15, 0.2) is 0 Å². The maximum absolute atomic E-state index is 8.70. The lowest BCUT2D eigenvalue weighted by Gasteiger charge is -2.17. The minimum absolute atomic E-state index is 0.114. The molecule has 0 radical (unpaired) electrons. The Balaban J connectivity index is 2.70. The third kappa shape index (κ3) is 4.60. The lowest BCUT2D eigenvalue weighted by molar-refractivity contribution is 0.0234. The molecule has 1 aromatic rings. The van der Waals surface area contributed by atoms with Crippen LogP contribution in [0, 0.1) is 17.8 Å². The lowest BCUT2D eigenvalue weighted by Crippen LogP contribution is -2.15. The molecule has 0 bridgehead atoms. The summed E-state index contributed by atoms with van der Waals surface area (Å²) >= 11 is 0. The van der Waals surface area contributed by atoms with Gasteiger partial charge in [0.25, 0.3) is 0 Å². The maximum atomic E-state index is 8.70. The Hall–Kier alpha value is -1.30. The SMILES string of the molecule is CC(C)C(C)OCc1ccccc1C#CCO. The zero-order chi connectivity index (χ0) is 12.7. The number of ether oxygens (including phenoxy) is 1. The van der Waals surface area contributed by atoms with Gasteiger partial charge in [-0.15, -0.1) is 0 Å². The van der Waals surface area contributed by atoms with Gasteiger partial charge in [-0.2, -0.15) is 0 Å². The van der Waals surface area contributed by atoms with Gasteiger partial charge in [0.2, 0.25) is 0 Å². The predicted molar refractivity (Wildman–Crippen MR) is 69.5 cm³/mol. The smallest absolute Gasteiger partial charge is 0.104 e. The summed E-state index contributed by atoms with van der Waals surface area (Å²) in [5.41, 5.74) is 2.00. The van der Waals surface area contributed by atoms with Crippen molar-refractivity contribution in [1.29, 1.82) is 0 Å². The van der Waals surface area contributed by atoms with Gasteiger partial charge in [-0.05, 0) is 24.5 Å². The van der Waals surface area contributed by atoms with Crippen LogP contribution in [0.25, 0.3) is 0 Å². The molecule has 0 aromatic heterocycles. The highest BCUT2D eigenvalue weighted by atomic mass is 16.5. The monoisotopic (exact) mass is 232 g/mol. The van der Waals surface area contributed by atoms with Crippen molar-refractivity contribution in [1.82, 2.24) is 0 Å². The minimum Gasteiger partial charge on any atom is -0.384 e. The van der Waals surface area contributed by atoms with Crippen molar-refractivity contribution in [3.05, 3.63) is 35.4 Å². The minimum atomic E-state index is -0.114. The normalized spacial score (nSPS) is 12.1. The van der Waals surface area contributed by atoms with Gasteiger partial charge < -0.3 is 9.84 Å². The quantitative estimate of drug-likeness (QED) is 0.809. The van der Waals surface area contributed by atoms with Crippen LogP contribution in [-0.4, -0.2) is 17.8 Å². The van der Waals surface area contributed by atoms with Gasteiger partial charge in [0, 0.05) is 5.56 Å². The number of hydrogen-bond donors (Lipinski definition) is 1. The molecule has 0 heterocycles. The van der Waals surface area contributed by atoms with Crippen LogP contribution < -0.4 is 0 Å². The van der Waals surface area contributed by atoms with E-state index in [0.717, 1.165) is 11.1 Å². The first-order valence-corrected chi connectivity index (χ1v) is 5.94. The van der Waals surface area contributed by atoms with E-state index in [-0.39, 0.29) is 12.7 Å². The number of aliphatic hydroxyl groups excluding tert-OH is 1. The first-order chi connectivity index (χ1) is 8.15. The van der Waals surface area contributed by atoms with Crippen molar-refractivity contribution in [3.8, 4) is 11.8 Å². The molecule has 0 spiro atoms. The second-order valence-corrected chi connectivity index (χ2v) is 4.38. The van der Waals surface area contributed by atoms with Crippen molar-refractivity contribution < 1.29 is 9.84 Å². The summed E-state index contributed by atoms with van der Waals surface area (Å²) < 4.78 is 5.78. The summed E-state index contributed by atoms with van der Waals surface area (Å²) in [7, 11) is 0. The van der Waals surface area contributed by atoms with Crippen LogP contribution in [0.5, 0.6) is 0 Å². The Morgan fingerprint density at radius 1 is 1.24 bits per heavy atom. The van der Waals surface area contributed by atoms with Gasteiger partial charge in [0.05, 0.1) is 12.7 Å². The average Bonchev–Trinajstić information content (AvgIpc) is 2.34. The molecule has 1 N–H and O–H groups in total. The van der Waals surface area contributed by atoms with E-state index in [4.69, 9.17) is 9.84 Å². The van der Waals surface area contributed by atoms with Crippen LogP contribution in [-0.2, 0) is 11.3 Å². The van der Waals surface area contributed by atoms with E-state index in [0.29, 0.717) is 12.5 Å². The summed E-state index contributed by atoms with van der Waals surface area (Å²) in [6, 6.07) is 7.87. The Morgan fingerprint density at radius 2 is 1.94 bits per heavy atom. The summed E-state index contributed by atoms with van der Waals surface area (Å²) in [6.07, 6.45) is 0.230. The number of rotatable bonds is 4. The second kappa shape index (κ2) is 7.11. The van der Waals surface area contributed by atoms with Crippen LogP contribution in [0.3, 0.4) is 0 Å². The fourth-order valence-electron chi connectivity index (χ4n) is 1.32. The third-order valence-electron chi connectivity index (χ3n) is 2.76. The Bertz CT molecular complexity index is 399. The molecule has 0 aliphatic carbocycles. The zero-order valence-corrected chi connectivity index (χ0v) is 10.7. The molecule has 2 nitrogen and oxygen atoms in total. The van der Waals surface area contributed by atoms with E-state index in [2.05, 4.69) is 32.6 Å². The first kappa shape index (κ1) is 13.8. The molecule has 1 aromatic carbocycles. The number of aliphatic hydroxyl groups is 1. The molecule has 1 unspecified atom stereocenters. The standard InChI is InChI=1S/C15H20O2/c1-12(2)13(3)17-11-15-8-5-4-7-14(15)9-6-10-16/h4-5,7-8,12-13,16H,10-11H2,1-3H3. The van der Waals surface area contributed by atoms with E-state index >= 15 is 0 Å². The van der Waals surface area contributed by atoms with Crippen LogP contribution in [0.15, 0.2) is 24.3 Å². The molecule has 17 heavy (non-hydrogen) atoms.